The average molecular weight is 736 g/mol. The topological polar surface area (TPSA) is 146 Å². The Morgan fingerprint density at radius 1 is 0.796 bits per heavy atom. The molecule has 0 saturated carbocycles. The van der Waals surface area contributed by atoms with E-state index in [0.29, 0.717) is 31.3 Å². The number of aromatic amines is 2. The van der Waals surface area contributed by atoms with Gasteiger partial charge in [-0.15, -0.1) is 0 Å². The van der Waals surface area contributed by atoms with Crippen LogP contribution in [-0.2, 0) is 19.1 Å². The Balaban J connectivity index is 1.04. The van der Waals surface area contributed by atoms with Crippen LogP contribution in [0.4, 0.5) is 4.79 Å². The summed E-state index contributed by atoms with van der Waals surface area (Å²) in [4.78, 5) is 59.6. The van der Waals surface area contributed by atoms with E-state index in [4.69, 9.17) is 19.4 Å². The molecule has 5 atom stereocenters. The summed E-state index contributed by atoms with van der Waals surface area (Å²) in [5.41, 5.74) is 5.57. The summed E-state index contributed by atoms with van der Waals surface area (Å²) in [7, 11) is 1.30. The van der Waals surface area contributed by atoms with Crippen molar-refractivity contribution in [2.75, 3.05) is 26.8 Å². The van der Waals surface area contributed by atoms with E-state index in [2.05, 4.69) is 77.7 Å². The number of nitrogens with one attached hydrogen (secondary N) is 3. The minimum absolute atomic E-state index is 0.0127. The van der Waals surface area contributed by atoms with E-state index in [1.54, 1.807) is 0 Å². The van der Waals surface area contributed by atoms with Gasteiger partial charge in [0.2, 0.25) is 11.8 Å². The molecule has 5 heterocycles. The normalized spacial score (nSPS) is 22.4. The highest BCUT2D eigenvalue weighted by Crippen LogP contribution is 2.45. The van der Waals surface area contributed by atoms with Gasteiger partial charge < -0.3 is 34.6 Å². The lowest BCUT2D eigenvalue weighted by molar-refractivity contribution is -0.137. The quantitative estimate of drug-likeness (QED) is 0.155. The summed E-state index contributed by atoms with van der Waals surface area (Å²) < 4.78 is 11.1. The summed E-state index contributed by atoms with van der Waals surface area (Å²) in [6, 6.07) is 15.7. The number of hydrogen-bond donors (Lipinski definition) is 3. The zero-order valence-corrected chi connectivity index (χ0v) is 32.2. The highest BCUT2D eigenvalue weighted by atomic mass is 16.5. The predicted molar refractivity (Wildman–Crippen MR) is 206 cm³/mol. The van der Waals surface area contributed by atoms with Crippen LogP contribution in [0.2, 0.25) is 0 Å². The highest BCUT2D eigenvalue weighted by Gasteiger charge is 2.51. The molecule has 4 aromatic rings. The Morgan fingerprint density at radius 3 is 1.89 bits per heavy atom. The summed E-state index contributed by atoms with van der Waals surface area (Å²) in [6.45, 7) is 11.9. The molecule has 12 nitrogen and oxygen atoms in total. The largest absolute Gasteiger partial charge is 0.453 e. The zero-order valence-electron chi connectivity index (χ0n) is 32.2. The lowest BCUT2D eigenvalue weighted by atomic mass is 9.96. The number of alkyl carbamates (subject to hydrolysis) is 1. The number of imidazole rings is 2. The molecule has 7 rings (SSSR count). The maximum atomic E-state index is 14.0. The number of aromatic nitrogens is 4. The Morgan fingerprint density at radius 2 is 1.37 bits per heavy atom. The monoisotopic (exact) mass is 735 g/mol. The Bertz CT molecular complexity index is 1940. The molecule has 0 bridgehead atoms. The standard InChI is InChI=1S/C42H53N7O5/c1-25(2)27(5)39(50)48-19-7-9-34(48)37-43-22-32(45-37)30-14-10-28(11-15-30)29-12-16-31(17-13-29)33-23-44-38(46-33)35-21-42(18-8-20-54-42)24-49(35)40(51)36(26(3)4)47-41(52)53-6/h10-17,22-23,25-27,34-36H,7-9,18-21,24H2,1-6H3,(H,43,45)(H,44,46)(H,47,52)/t27-,34-,35-,36-,42-/m0/s1. The van der Waals surface area contributed by atoms with E-state index >= 15 is 0 Å². The first kappa shape index (κ1) is 37.3. The average Bonchev–Trinajstić information content (AvgIpc) is 4.03. The second-order valence-electron chi connectivity index (χ2n) is 15.9. The molecule has 0 unspecified atom stereocenters. The molecule has 2 aromatic carbocycles. The maximum Gasteiger partial charge on any atom is 0.407 e. The Labute approximate surface area is 317 Å². The van der Waals surface area contributed by atoms with Gasteiger partial charge in [0.1, 0.15) is 17.7 Å². The molecule has 54 heavy (non-hydrogen) atoms. The van der Waals surface area contributed by atoms with E-state index in [-0.39, 0.29) is 35.7 Å². The molecule has 12 heteroatoms. The summed E-state index contributed by atoms with van der Waals surface area (Å²) in [5.74, 6) is 1.74. The van der Waals surface area contributed by atoms with Crippen molar-refractivity contribution in [3.8, 4) is 33.6 Å². The number of ether oxygens (including phenoxy) is 2. The van der Waals surface area contributed by atoms with Crippen molar-refractivity contribution in [3.05, 3.63) is 72.6 Å². The third-order valence-corrected chi connectivity index (χ3v) is 11.7. The highest BCUT2D eigenvalue weighted by molar-refractivity contribution is 5.86. The van der Waals surface area contributed by atoms with Gasteiger partial charge in [-0.25, -0.2) is 14.8 Å². The molecule has 0 aliphatic carbocycles. The summed E-state index contributed by atoms with van der Waals surface area (Å²) >= 11 is 0. The first-order valence-corrected chi connectivity index (χ1v) is 19.4. The molecule has 3 aliphatic rings. The van der Waals surface area contributed by atoms with Crippen LogP contribution in [0.25, 0.3) is 33.6 Å². The van der Waals surface area contributed by atoms with Crippen LogP contribution in [0.5, 0.6) is 0 Å². The number of carbonyl (C=O) groups is 3. The van der Waals surface area contributed by atoms with E-state index in [9.17, 15) is 14.4 Å². The van der Waals surface area contributed by atoms with Crippen molar-refractivity contribution < 1.29 is 23.9 Å². The molecule has 3 saturated heterocycles. The molecular weight excluding hydrogens is 683 g/mol. The minimum Gasteiger partial charge on any atom is -0.453 e. The SMILES string of the molecule is COC(=O)N[C@H](C(=O)N1C[C@]2(CCCO2)C[C@H]1c1ncc(-c2ccc(-c3ccc(-c4cnc([C@@H]5CCCN5C(=O)[C@@H](C)C(C)C)[nH]4)cc3)cc2)[nH]1)C(C)C. The number of methoxy groups -OCH3 is 1. The number of benzene rings is 2. The van der Waals surface area contributed by atoms with Crippen LogP contribution < -0.4 is 5.32 Å². The van der Waals surface area contributed by atoms with E-state index in [1.807, 2.05) is 43.0 Å². The molecular formula is C42H53N7O5. The number of H-pyrrole nitrogens is 2. The van der Waals surface area contributed by atoms with Crippen molar-refractivity contribution in [1.29, 1.82) is 0 Å². The van der Waals surface area contributed by atoms with Gasteiger partial charge in [-0.05, 0) is 59.8 Å². The van der Waals surface area contributed by atoms with Crippen LogP contribution in [0.3, 0.4) is 0 Å². The molecule has 0 radical (unpaired) electrons. The second kappa shape index (κ2) is 15.4. The molecule has 3 N–H and O–H groups in total. The first-order chi connectivity index (χ1) is 26.0. The van der Waals surface area contributed by atoms with Gasteiger partial charge in [0, 0.05) is 25.5 Å². The fourth-order valence-electron chi connectivity index (χ4n) is 8.19. The van der Waals surface area contributed by atoms with Gasteiger partial charge in [-0.2, -0.15) is 0 Å². The molecule has 3 fully saturated rings. The third kappa shape index (κ3) is 7.40. The lowest BCUT2D eigenvalue weighted by Gasteiger charge is -2.30. The minimum atomic E-state index is -0.734. The second-order valence-corrected chi connectivity index (χ2v) is 15.9. The van der Waals surface area contributed by atoms with Crippen LogP contribution in [0.15, 0.2) is 60.9 Å². The Hall–Kier alpha value is -4.97. The molecule has 286 valence electrons. The van der Waals surface area contributed by atoms with Gasteiger partial charge in [-0.1, -0.05) is 83.1 Å². The van der Waals surface area contributed by atoms with E-state index in [1.165, 1.54) is 7.11 Å². The fourth-order valence-corrected chi connectivity index (χ4v) is 8.19. The number of nitrogens with zero attached hydrogens (tertiary/aromatic N) is 4. The van der Waals surface area contributed by atoms with Gasteiger partial charge >= 0.3 is 6.09 Å². The van der Waals surface area contributed by atoms with Gasteiger partial charge in [0.15, 0.2) is 0 Å². The summed E-state index contributed by atoms with van der Waals surface area (Å²) in [6.07, 6.45) is 7.43. The van der Waals surface area contributed by atoms with Crippen molar-refractivity contribution in [2.24, 2.45) is 17.8 Å². The molecule has 2 aromatic heterocycles. The van der Waals surface area contributed by atoms with Crippen LogP contribution in [0.1, 0.15) is 90.5 Å². The Kier molecular flexibility index (Phi) is 10.7. The number of rotatable bonds is 10. The van der Waals surface area contributed by atoms with Gasteiger partial charge in [-0.3, -0.25) is 9.59 Å². The predicted octanol–water partition coefficient (Wildman–Crippen LogP) is 7.29. The molecule has 3 amide bonds. The van der Waals surface area contributed by atoms with Crippen molar-refractivity contribution in [3.63, 3.8) is 0 Å². The number of likely N-dealkylation sites (tertiary alicyclic amines) is 2. The van der Waals surface area contributed by atoms with Crippen molar-refractivity contribution in [1.82, 2.24) is 35.1 Å². The van der Waals surface area contributed by atoms with E-state index < -0.39 is 17.7 Å². The lowest BCUT2D eigenvalue weighted by Crippen LogP contribution is -2.51. The van der Waals surface area contributed by atoms with Gasteiger partial charge in [0.05, 0.1) is 55.1 Å². The van der Waals surface area contributed by atoms with Crippen molar-refractivity contribution in [2.45, 2.75) is 90.4 Å². The smallest absolute Gasteiger partial charge is 0.407 e. The number of hydrogen-bond acceptors (Lipinski definition) is 7. The zero-order chi connectivity index (χ0) is 38.1. The van der Waals surface area contributed by atoms with Crippen LogP contribution in [0, 0.1) is 17.8 Å². The maximum absolute atomic E-state index is 14.0. The fraction of sp³-hybridized carbons (Fsp3) is 0.500. The van der Waals surface area contributed by atoms with Crippen LogP contribution in [-0.4, -0.2) is 86.1 Å². The molecule has 1 spiro atoms. The third-order valence-electron chi connectivity index (χ3n) is 11.7. The number of carbonyl (C=O) groups excluding carboxylic acids is 3. The molecule has 3 aliphatic heterocycles. The van der Waals surface area contributed by atoms with Crippen molar-refractivity contribution >= 4 is 17.9 Å². The number of amides is 3. The summed E-state index contributed by atoms with van der Waals surface area (Å²) in [5, 5.41) is 2.74. The van der Waals surface area contributed by atoms with Gasteiger partial charge in [0.25, 0.3) is 0 Å². The van der Waals surface area contributed by atoms with Crippen LogP contribution >= 0.6 is 0 Å². The first-order valence-electron chi connectivity index (χ1n) is 19.4. The van der Waals surface area contributed by atoms with E-state index in [0.717, 1.165) is 71.7 Å².